The molecule has 1 aliphatic heterocycles. The lowest BCUT2D eigenvalue weighted by Crippen LogP contribution is -2.44. The van der Waals surface area contributed by atoms with Crippen molar-refractivity contribution in [1.82, 2.24) is 4.90 Å². The average Bonchev–Trinajstić information content (AvgIpc) is 2.47. The number of benzene rings is 1. The molecule has 0 spiro atoms. The predicted molar refractivity (Wildman–Crippen MR) is 80.0 cm³/mol. The number of halogens is 2. The molecular formula is C15H21BrFNO2. The lowest BCUT2D eigenvalue weighted by molar-refractivity contribution is -0.106. The molecule has 1 fully saturated rings. The zero-order valence-electron chi connectivity index (χ0n) is 11.8. The molecule has 1 aromatic carbocycles. The second kappa shape index (κ2) is 8.08. The van der Waals surface area contributed by atoms with Crippen molar-refractivity contribution in [3.05, 3.63) is 34.1 Å². The number of rotatable bonds is 6. The van der Waals surface area contributed by atoms with Crippen LogP contribution in [0.2, 0.25) is 0 Å². The van der Waals surface area contributed by atoms with Crippen LogP contribution in [0, 0.1) is 5.82 Å². The minimum absolute atomic E-state index is 0.0438. The summed E-state index contributed by atoms with van der Waals surface area (Å²) in [5.41, 5.74) is 0.591. The van der Waals surface area contributed by atoms with Gasteiger partial charge in [0.2, 0.25) is 0 Å². The van der Waals surface area contributed by atoms with Crippen molar-refractivity contribution in [3.8, 4) is 0 Å². The van der Waals surface area contributed by atoms with Crippen LogP contribution in [0.4, 0.5) is 4.39 Å². The van der Waals surface area contributed by atoms with Gasteiger partial charge in [-0.3, -0.25) is 4.90 Å². The van der Waals surface area contributed by atoms with Crippen LogP contribution in [-0.4, -0.2) is 37.4 Å². The molecule has 112 valence electrons. The van der Waals surface area contributed by atoms with Gasteiger partial charge in [0.15, 0.2) is 0 Å². The third-order valence-corrected chi connectivity index (χ3v) is 3.92. The van der Waals surface area contributed by atoms with Gasteiger partial charge in [-0.25, -0.2) is 4.39 Å². The van der Waals surface area contributed by atoms with Crippen molar-refractivity contribution in [2.24, 2.45) is 0 Å². The highest BCUT2D eigenvalue weighted by molar-refractivity contribution is 9.10. The van der Waals surface area contributed by atoms with Gasteiger partial charge in [-0.15, -0.1) is 0 Å². The maximum absolute atomic E-state index is 13.7. The number of hydrogen-bond donors (Lipinski definition) is 0. The van der Waals surface area contributed by atoms with Gasteiger partial charge in [0.05, 0.1) is 19.8 Å². The Morgan fingerprint density at radius 1 is 1.40 bits per heavy atom. The molecule has 0 aliphatic carbocycles. The minimum Gasteiger partial charge on any atom is -0.379 e. The van der Waals surface area contributed by atoms with E-state index in [9.17, 15) is 4.39 Å². The lowest BCUT2D eigenvalue weighted by atomic mass is 10.2. The quantitative estimate of drug-likeness (QED) is 0.786. The second-order valence-corrected chi connectivity index (χ2v) is 5.85. The molecule has 1 saturated heterocycles. The summed E-state index contributed by atoms with van der Waals surface area (Å²) >= 11 is 3.36. The van der Waals surface area contributed by atoms with Crippen LogP contribution in [0.15, 0.2) is 22.7 Å². The Morgan fingerprint density at radius 2 is 2.15 bits per heavy atom. The summed E-state index contributed by atoms with van der Waals surface area (Å²) < 4.78 is 25.9. The van der Waals surface area contributed by atoms with E-state index in [2.05, 4.69) is 27.8 Å². The maximum Gasteiger partial charge on any atom is 0.128 e. The minimum atomic E-state index is -0.217. The summed E-state index contributed by atoms with van der Waals surface area (Å²) in [6, 6.07) is 4.94. The Kier molecular flexibility index (Phi) is 6.42. The number of ether oxygens (including phenoxy) is 2. The first-order chi connectivity index (χ1) is 9.70. The maximum atomic E-state index is 13.7. The normalized spacial score (nSPS) is 18.1. The van der Waals surface area contributed by atoms with Crippen LogP contribution < -0.4 is 0 Å². The SMILES string of the molecule is CCCC(OCc1cc(Br)ccc1F)N1CCOCC1. The van der Waals surface area contributed by atoms with Gasteiger partial charge in [-0.05, 0) is 24.6 Å². The van der Waals surface area contributed by atoms with Gasteiger partial charge in [0.1, 0.15) is 12.0 Å². The standard InChI is InChI=1S/C15H21BrFNO2/c1-2-3-15(18-6-8-19-9-7-18)20-11-12-10-13(16)4-5-14(12)17/h4-5,10,15H,2-3,6-9,11H2,1H3. The molecule has 1 aromatic rings. The van der Waals surface area contributed by atoms with Gasteiger partial charge >= 0.3 is 0 Å². The van der Waals surface area contributed by atoms with Gasteiger partial charge in [0.25, 0.3) is 0 Å². The van der Waals surface area contributed by atoms with Crippen molar-refractivity contribution in [2.75, 3.05) is 26.3 Å². The number of morpholine rings is 1. The van der Waals surface area contributed by atoms with Crippen LogP contribution in [0.5, 0.6) is 0 Å². The zero-order chi connectivity index (χ0) is 14.4. The number of nitrogens with zero attached hydrogens (tertiary/aromatic N) is 1. The van der Waals surface area contributed by atoms with E-state index in [0.717, 1.165) is 43.6 Å². The Morgan fingerprint density at radius 3 is 2.85 bits per heavy atom. The summed E-state index contributed by atoms with van der Waals surface area (Å²) in [7, 11) is 0. The monoisotopic (exact) mass is 345 g/mol. The molecule has 5 heteroatoms. The Labute approximate surface area is 128 Å². The van der Waals surface area contributed by atoms with Gasteiger partial charge in [-0.2, -0.15) is 0 Å². The Hall–Kier alpha value is -0.490. The molecule has 0 aromatic heterocycles. The lowest BCUT2D eigenvalue weighted by Gasteiger charge is -2.34. The van der Waals surface area contributed by atoms with Crippen LogP contribution >= 0.6 is 15.9 Å². The highest BCUT2D eigenvalue weighted by Crippen LogP contribution is 2.19. The van der Waals surface area contributed by atoms with Crippen molar-refractivity contribution >= 4 is 15.9 Å². The first-order valence-electron chi connectivity index (χ1n) is 7.08. The van der Waals surface area contributed by atoms with Crippen LogP contribution in [0.1, 0.15) is 25.3 Å². The van der Waals surface area contributed by atoms with E-state index in [1.807, 2.05) is 0 Å². The van der Waals surface area contributed by atoms with Gasteiger partial charge < -0.3 is 9.47 Å². The highest BCUT2D eigenvalue weighted by Gasteiger charge is 2.21. The third-order valence-electron chi connectivity index (χ3n) is 3.43. The molecule has 2 rings (SSSR count). The van der Waals surface area contributed by atoms with Crippen LogP contribution in [0.25, 0.3) is 0 Å². The van der Waals surface area contributed by atoms with Crippen LogP contribution in [0.3, 0.4) is 0 Å². The van der Waals surface area contributed by atoms with Crippen molar-refractivity contribution in [3.63, 3.8) is 0 Å². The summed E-state index contributed by atoms with van der Waals surface area (Å²) in [6.07, 6.45) is 2.04. The third kappa shape index (κ3) is 4.52. The smallest absolute Gasteiger partial charge is 0.128 e. The van der Waals surface area contributed by atoms with Crippen molar-refractivity contribution in [2.45, 2.75) is 32.6 Å². The summed E-state index contributed by atoms with van der Waals surface area (Å²) in [5.74, 6) is -0.217. The van der Waals surface area contributed by atoms with E-state index in [-0.39, 0.29) is 12.0 Å². The van der Waals surface area contributed by atoms with Crippen molar-refractivity contribution < 1.29 is 13.9 Å². The molecule has 0 N–H and O–H groups in total. The molecule has 3 nitrogen and oxygen atoms in total. The van der Waals surface area contributed by atoms with E-state index in [4.69, 9.17) is 9.47 Å². The summed E-state index contributed by atoms with van der Waals surface area (Å²) in [6.45, 7) is 5.69. The van der Waals surface area contributed by atoms with Gasteiger partial charge in [-0.1, -0.05) is 29.3 Å². The van der Waals surface area contributed by atoms with E-state index < -0.39 is 0 Å². The second-order valence-electron chi connectivity index (χ2n) is 4.94. The molecule has 1 aliphatic rings. The Balaban J connectivity index is 1.95. The van der Waals surface area contributed by atoms with E-state index in [0.29, 0.717) is 12.2 Å². The summed E-state index contributed by atoms with van der Waals surface area (Å²) in [4.78, 5) is 2.28. The fourth-order valence-corrected chi connectivity index (χ4v) is 2.73. The molecule has 0 amide bonds. The molecule has 1 heterocycles. The molecule has 0 saturated carbocycles. The summed E-state index contributed by atoms with van der Waals surface area (Å²) in [5, 5.41) is 0. The zero-order valence-corrected chi connectivity index (χ0v) is 13.4. The fraction of sp³-hybridized carbons (Fsp3) is 0.600. The molecule has 0 radical (unpaired) electrons. The molecule has 1 atom stereocenters. The largest absolute Gasteiger partial charge is 0.379 e. The topological polar surface area (TPSA) is 21.7 Å². The Bertz CT molecular complexity index is 424. The average molecular weight is 346 g/mol. The van der Waals surface area contributed by atoms with Crippen LogP contribution in [-0.2, 0) is 16.1 Å². The van der Waals surface area contributed by atoms with E-state index in [1.165, 1.54) is 6.07 Å². The highest BCUT2D eigenvalue weighted by atomic mass is 79.9. The molecule has 0 bridgehead atoms. The predicted octanol–water partition coefficient (Wildman–Crippen LogP) is 3.56. The number of hydrogen-bond acceptors (Lipinski definition) is 3. The van der Waals surface area contributed by atoms with E-state index >= 15 is 0 Å². The molecular weight excluding hydrogens is 325 g/mol. The molecule has 20 heavy (non-hydrogen) atoms. The first kappa shape index (κ1) is 15.9. The van der Waals surface area contributed by atoms with Gasteiger partial charge in [0, 0.05) is 23.1 Å². The first-order valence-corrected chi connectivity index (χ1v) is 7.87. The molecule has 1 unspecified atom stereocenters. The van der Waals surface area contributed by atoms with Crippen molar-refractivity contribution in [1.29, 1.82) is 0 Å². The fourth-order valence-electron chi connectivity index (χ4n) is 2.32. The van der Waals surface area contributed by atoms with E-state index in [1.54, 1.807) is 12.1 Å².